The molecule has 17 heavy (non-hydrogen) atoms. The molecule has 0 heterocycles. The minimum Gasteiger partial charge on any atom is -0.394 e. The van der Waals surface area contributed by atoms with Gasteiger partial charge < -0.3 is 16.2 Å². The van der Waals surface area contributed by atoms with Gasteiger partial charge in [-0.3, -0.25) is 4.79 Å². The normalized spacial score (nSPS) is 16.6. The third-order valence-electron chi connectivity index (χ3n) is 3.07. The number of nitrogens with two attached hydrogens (primary N) is 1. The van der Waals surface area contributed by atoms with E-state index < -0.39 is 0 Å². The predicted octanol–water partition coefficient (Wildman–Crippen LogP) is 1.27. The zero-order valence-corrected chi connectivity index (χ0v) is 11.6. The van der Waals surface area contributed by atoms with E-state index in [9.17, 15) is 4.79 Å². The van der Waals surface area contributed by atoms with Crippen LogP contribution in [0, 0.1) is 11.8 Å². The molecule has 0 aromatic heterocycles. The van der Waals surface area contributed by atoms with E-state index >= 15 is 0 Å². The second-order valence-electron chi connectivity index (χ2n) is 5.35. The number of aliphatic hydroxyl groups is 1. The van der Waals surface area contributed by atoms with Crippen molar-refractivity contribution < 1.29 is 9.90 Å². The topological polar surface area (TPSA) is 75.4 Å². The van der Waals surface area contributed by atoms with Gasteiger partial charge in [-0.05, 0) is 25.7 Å². The van der Waals surface area contributed by atoms with E-state index in [1.807, 2.05) is 27.7 Å². The van der Waals surface area contributed by atoms with Crippen LogP contribution < -0.4 is 11.1 Å². The third-order valence-corrected chi connectivity index (χ3v) is 3.07. The Balaban J connectivity index is 3.95. The van der Waals surface area contributed by atoms with Crippen LogP contribution in [0.1, 0.15) is 47.0 Å². The summed E-state index contributed by atoms with van der Waals surface area (Å²) in [6.07, 6.45) is 2.77. The van der Waals surface area contributed by atoms with Gasteiger partial charge in [-0.15, -0.1) is 0 Å². The lowest BCUT2D eigenvalue weighted by molar-refractivity contribution is -0.126. The summed E-state index contributed by atoms with van der Waals surface area (Å²) in [5, 5.41) is 12.0. The average Bonchev–Trinajstić information content (AvgIpc) is 2.24. The summed E-state index contributed by atoms with van der Waals surface area (Å²) < 4.78 is 0. The van der Waals surface area contributed by atoms with Crippen molar-refractivity contribution in [2.24, 2.45) is 17.6 Å². The molecule has 4 nitrogen and oxygen atoms in total. The minimum atomic E-state index is -0.140. The molecular formula is C13H28N2O2. The number of hydrogen-bond donors (Lipinski definition) is 3. The molecule has 0 radical (unpaired) electrons. The van der Waals surface area contributed by atoms with E-state index in [0.717, 1.165) is 19.3 Å². The van der Waals surface area contributed by atoms with Gasteiger partial charge in [0.05, 0.1) is 12.6 Å². The van der Waals surface area contributed by atoms with Crippen molar-refractivity contribution in [2.45, 2.75) is 59.0 Å². The number of nitrogens with one attached hydrogen (secondary N) is 1. The molecule has 0 saturated carbocycles. The Kier molecular flexibility index (Phi) is 8.17. The van der Waals surface area contributed by atoms with E-state index in [2.05, 4.69) is 5.32 Å². The summed E-state index contributed by atoms with van der Waals surface area (Å²) in [7, 11) is 0. The Morgan fingerprint density at radius 2 is 1.82 bits per heavy atom. The largest absolute Gasteiger partial charge is 0.394 e. The number of carbonyl (C=O) groups is 1. The number of amides is 1. The van der Waals surface area contributed by atoms with Gasteiger partial charge in [-0.25, -0.2) is 0 Å². The second kappa shape index (κ2) is 8.48. The highest BCUT2D eigenvalue weighted by atomic mass is 16.3. The highest BCUT2D eigenvalue weighted by Crippen LogP contribution is 2.10. The van der Waals surface area contributed by atoms with Crippen LogP contribution in [0.15, 0.2) is 0 Å². The number of carbonyl (C=O) groups excluding carboxylic acids is 1. The third kappa shape index (κ3) is 7.34. The Morgan fingerprint density at radius 3 is 2.24 bits per heavy atom. The van der Waals surface area contributed by atoms with Gasteiger partial charge in [-0.2, -0.15) is 0 Å². The standard InChI is InChI=1S/C13H28N2O2/c1-9(2)12(8-16)15-13(17)10(3)6-5-7-11(4)14/h9-12,16H,5-8,14H2,1-4H3,(H,15,17). The Morgan fingerprint density at radius 1 is 1.24 bits per heavy atom. The van der Waals surface area contributed by atoms with Gasteiger partial charge in [0.25, 0.3) is 0 Å². The Labute approximate surface area is 105 Å². The molecule has 0 saturated heterocycles. The monoisotopic (exact) mass is 244 g/mol. The average molecular weight is 244 g/mol. The van der Waals surface area contributed by atoms with Crippen LogP contribution in [0.5, 0.6) is 0 Å². The molecule has 0 bridgehead atoms. The zero-order valence-electron chi connectivity index (χ0n) is 11.6. The number of aliphatic hydroxyl groups excluding tert-OH is 1. The second-order valence-corrected chi connectivity index (χ2v) is 5.35. The van der Waals surface area contributed by atoms with Crippen LogP contribution in [-0.4, -0.2) is 29.7 Å². The van der Waals surface area contributed by atoms with Crippen LogP contribution in [0.4, 0.5) is 0 Å². The van der Waals surface area contributed by atoms with Crippen LogP contribution >= 0.6 is 0 Å². The number of hydrogen-bond acceptors (Lipinski definition) is 3. The lowest BCUT2D eigenvalue weighted by Gasteiger charge is -2.22. The van der Waals surface area contributed by atoms with Gasteiger partial charge in [0.1, 0.15) is 0 Å². The zero-order chi connectivity index (χ0) is 13.4. The molecule has 4 N–H and O–H groups in total. The summed E-state index contributed by atoms with van der Waals surface area (Å²) in [6.45, 7) is 7.87. The highest BCUT2D eigenvalue weighted by Gasteiger charge is 2.19. The molecule has 4 heteroatoms. The first-order chi connectivity index (χ1) is 7.88. The van der Waals surface area contributed by atoms with Crippen LogP contribution in [0.2, 0.25) is 0 Å². The van der Waals surface area contributed by atoms with Crippen LogP contribution in [0.3, 0.4) is 0 Å². The molecule has 102 valence electrons. The van der Waals surface area contributed by atoms with Gasteiger partial charge in [-0.1, -0.05) is 27.2 Å². The molecule has 0 aliphatic heterocycles. The van der Waals surface area contributed by atoms with Crippen LogP contribution in [0.25, 0.3) is 0 Å². The Hall–Kier alpha value is -0.610. The van der Waals surface area contributed by atoms with Crippen molar-refractivity contribution >= 4 is 5.91 Å². The SMILES string of the molecule is CC(N)CCCC(C)C(=O)NC(CO)C(C)C. The van der Waals surface area contributed by atoms with E-state index in [-0.39, 0.29) is 36.4 Å². The van der Waals surface area contributed by atoms with E-state index in [1.54, 1.807) is 0 Å². The minimum absolute atomic E-state index is 0.00401. The fraction of sp³-hybridized carbons (Fsp3) is 0.923. The molecule has 3 unspecified atom stereocenters. The van der Waals surface area contributed by atoms with Crippen LogP contribution in [-0.2, 0) is 4.79 Å². The van der Waals surface area contributed by atoms with E-state index in [1.165, 1.54) is 0 Å². The molecule has 0 rings (SSSR count). The van der Waals surface area contributed by atoms with Crippen molar-refractivity contribution in [3.8, 4) is 0 Å². The van der Waals surface area contributed by atoms with Crippen molar-refractivity contribution in [3.05, 3.63) is 0 Å². The lowest BCUT2D eigenvalue weighted by atomic mass is 9.99. The molecule has 0 fully saturated rings. The van der Waals surface area contributed by atoms with Crippen molar-refractivity contribution in [2.75, 3.05) is 6.61 Å². The van der Waals surface area contributed by atoms with E-state index in [0.29, 0.717) is 0 Å². The fourth-order valence-corrected chi connectivity index (χ4v) is 1.63. The maximum Gasteiger partial charge on any atom is 0.223 e. The van der Waals surface area contributed by atoms with Crippen molar-refractivity contribution in [1.29, 1.82) is 0 Å². The summed E-state index contributed by atoms with van der Waals surface area (Å²) in [5.41, 5.74) is 5.66. The molecule has 0 aromatic rings. The summed E-state index contributed by atoms with van der Waals surface area (Å²) >= 11 is 0. The number of rotatable bonds is 8. The predicted molar refractivity (Wildman–Crippen MR) is 70.5 cm³/mol. The quantitative estimate of drug-likeness (QED) is 0.602. The summed E-state index contributed by atoms with van der Waals surface area (Å²) in [4.78, 5) is 11.8. The van der Waals surface area contributed by atoms with Gasteiger partial charge in [0.2, 0.25) is 5.91 Å². The maximum atomic E-state index is 11.8. The van der Waals surface area contributed by atoms with Gasteiger partial charge in [0, 0.05) is 12.0 Å². The lowest BCUT2D eigenvalue weighted by Crippen LogP contribution is -2.43. The summed E-state index contributed by atoms with van der Waals surface area (Å²) in [6, 6.07) is 0.0597. The molecular weight excluding hydrogens is 216 g/mol. The molecule has 1 amide bonds. The van der Waals surface area contributed by atoms with Gasteiger partial charge in [0.15, 0.2) is 0 Å². The first-order valence-electron chi connectivity index (χ1n) is 6.55. The fourth-order valence-electron chi connectivity index (χ4n) is 1.63. The summed E-state index contributed by atoms with van der Waals surface area (Å²) in [5.74, 6) is 0.268. The smallest absolute Gasteiger partial charge is 0.223 e. The molecule has 3 atom stereocenters. The van der Waals surface area contributed by atoms with Crippen molar-refractivity contribution in [1.82, 2.24) is 5.32 Å². The molecule has 0 aliphatic rings. The van der Waals surface area contributed by atoms with Crippen molar-refractivity contribution in [3.63, 3.8) is 0 Å². The Bertz CT molecular complexity index is 217. The molecule has 0 aromatic carbocycles. The van der Waals surface area contributed by atoms with E-state index in [4.69, 9.17) is 10.8 Å². The first kappa shape index (κ1) is 16.4. The maximum absolute atomic E-state index is 11.8. The van der Waals surface area contributed by atoms with Gasteiger partial charge >= 0.3 is 0 Å². The first-order valence-corrected chi connectivity index (χ1v) is 6.55. The highest BCUT2D eigenvalue weighted by molar-refractivity contribution is 5.78. The molecule has 0 aliphatic carbocycles. The molecule has 0 spiro atoms.